The fraction of sp³-hybridized carbons (Fsp3) is 0.289. The van der Waals surface area contributed by atoms with Crippen LogP contribution in [0.5, 0.6) is 17.2 Å². The molecule has 2 amide bonds. The van der Waals surface area contributed by atoms with E-state index in [4.69, 9.17) is 14.2 Å². The van der Waals surface area contributed by atoms with Gasteiger partial charge in [0.25, 0.3) is 11.1 Å². The van der Waals surface area contributed by atoms with Crippen LogP contribution in [0.1, 0.15) is 49.0 Å². The smallest absolute Gasteiger partial charge is 0.327 e. The van der Waals surface area contributed by atoms with Crippen LogP contribution < -0.4 is 19.7 Å². The van der Waals surface area contributed by atoms with Crippen LogP contribution in [0.2, 0.25) is 0 Å². The second-order valence-corrected chi connectivity index (χ2v) is 15.2. The molecule has 57 heavy (non-hydrogen) atoms. The number of esters is 2. The quantitative estimate of drug-likeness (QED) is 0.0720. The minimum atomic E-state index is -3.86. The van der Waals surface area contributed by atoms with Gasteiger partial charge >= 0.3 is 11.9 Å². The van der Waals surface area contributed by atoms with Crippen LogP contribution >= 0.6 is 11.8 Å². The number of nitrogens with one attached hydrogen (secondary N) is 2. The lowest BCUT2D eigenvalue weighted by Gasteiger charge is -2.21. The van der Waals surface area contributed by atoms with Crippen LogP contribution in [0.15, 0.2) is 84.0 Å². The number of sulfonamides is 1. The van der Waals surface area contributed by atoms with E-state index in [2.05, 4.69) is 25.6 Å². The van der Waals surface area contributed by atoms with E-state index in [0.29, 0.717) is 53.0 Å². The summed E-state index contributed by atoms with van der Waals surface area (Å²) in [4.78, 5) is 52.9. The molecule has 1 heterocycles. The molecule has 0 saturated carbocycles. The molecule has 17 nitrogen and oxygen atoms in total. The van der Waals surface area contributed by atoms with Crippen molar-refractivity contribution in [1.82, 2.24) is 25.5 Å². The fourth-order valence-electron chi connectivity index (χ4n) is 5.32. The Morgan fingerprint density at radius 3 is 2.35 bits per heavy atom. The van der Waals surface area contributed by atoms with Gasteiger partial charge in [-0.3, -0.25) is 28.8 Å². The highest BCUT2D eigenvalue weighted by Crippen LogP contribution is 2.40. The molecule has 0 aliphatic carbocycles. The molecular weight excluding hydrogens is 779 g/mol. The number of aromatic nitrogens is 4. The van der Waals surface area contributed by atoms with Gasteiger partial charge in [0.1, 0.15) is 31.2 Å². The van der Waals surface area contributed by atoms with Gasteiger partial charge in [0.15, 0.2) is 5.75 Å². The molecule has 0 fully saturated rings. The Balaban J connectivity index is 1.37. The third kappa shape index (κ3) is 11.2. The minimum absolute atomic E-state index is 0.00382. The highest BCUT2D eigenvalue weighted by atomic mass is 32.2. The van der Waals surface area contributed by atoms with E-state index in [0.717, 1.165) is 4.68 Å². The molecule has 0 saturated heterocycles. The number of para-hydroxylation sites is 1. The number of fused-ring (bicyclic) bond motifs is 1. The van der Waals surface area contributed by atoms with Gasteiger partial charge < -0.3 is 24.6 Å². The largest absolute Gasteiger partial charge is 0.506 e. The van der Waals surface area contributed by atoms with Gasteiger partial charge in [-0.25, -0.2) is 13.1 Å². The molecule has 0 spiro atoms. The zero-order valence-electron chi connectivity index (χ0n) is 31.3. The molecule has 0 aliphatic rings. The van der Waals surface area contributed by atoms with Gasteiger partial charge in [0.05, 0.1) is 23.6 Å². The molecule has 0 radical (unpaired) electrons. The average Bonchev–Trinajstić information content (AvgIpc) is 3.64. The normalized spacial score (nSPS) is 11.1. The van der Waals surface area contributed by atoms with E-state index >= 15 is 0 Å². The van der Waals surface area contributed by atoms with E-state index in [1.54, 1.807) is 60.7 Å². The number of unbranched alkanes of at least 4 members (excludes halogenated alkanes) is 1. The van der Waals surface area contributed by atoms with Crippen LogP contribution in [0.4, 0.5) is 16.2 Å². The summed E-state index contributed by atoms with van der Waals surface area (Å²) in [5.41, 5.74) is 0.741. The van der Waals surface area contributed by atoms with Crippen LogP contribution in [0, 0.1) is 0 Å². The molecule has 4 aromatic carbocycles. The summed E-state index contributed by atoms with van der Waals surface area (Å²) in [6, 6.07) is 21.0. The molecule has 0 atom stereocenters. The summed E-state index contributed by atoms with van der Waals surface area (Å²) >= 11 is 0.605. The lowest BCUT2D eigenvalue weighted by Crippen LogP contribution is -2.34. The first kappa shape index (κ1) is 41.9. The number of anilines is 2. The number of nitrogens with zero attached hydrogens (tertiary/aromatic N) is 5. The second-order valence-electron chi connectivity index (χ2n) is 12.4. The third-order valence-electron chi connectivity index (χ3n) is 8.14. The molecule has 3 N–H and O–H groups in total. The summed E-state index contributed by atoms with van der Waals surface area (Å²) < 4.78 is 46.8. The van der Waals surface area contributed by atoms with Crippen molar-refractivity contribution >= 4 is 67.0 Å². The molecule has 5 aromatic rings. The van der Waals surface area contributed by atoms with E-state index in [1.165, 1.54) is 30.1 Å². The number of ether oxygens (including phenoxy) is 3. The predicted molar refractivity (Wildman–Crippen MR) is 212 cm³/mol. The number of thioether (sulfide) groups is 1. The molecule has 0 bridgehead atoms. The maximum absolute atomic E-state index is 13.6. The lowest BCUT2D eigenvalue weighted by molar-refractivity contribution is -0.145. The summed E-state index contributed by atoms with van der Waals surface area (Å²) in [5, 5.41) is 24.7. The number of amides is 2. The predicted octanol–water partition coefficient (Wildman–Crippen LogP) is 5.64. The first-order valence-electron chi connectivity index (χ1n) is 17.8. The number of hydrogen-bond donors (Lipinski definition) is 3. The third-order valence-corrected chi connectivity index (χ3v) is 10.4. The van der Waals surface area contributed by atoms with Gasteiger partial charge in [0, 0.05) is 35.3 Å². The van der Waals surface area contributed by atoms with Crippen LogP contribution in [0.3, 0.4) is 0 Å². The van der Waals surface area contributed by atoms with Crippen LogP contribution in [-0.2, 0) is 42.2 Å². The summed E-state index contributed by atoms with van der Waals surface area (Å²) in [7, 11) is -2.43. The molecule has 19 heteroatoms. The Bertz CT molecular complexity index is 2340. The second kappa shape index (κ2) is 19.6. The number of carbonyl (C=O) groups excluding carboxylic acids is 4. The summed E-state index contributed by atoms with van der Waals surface area (Å²) in [6.07, 6.45) is 1.66. The number of benzene rings is 4. The first-order chi connectivity index (χ1) is 27.4. The number of tetrazole rings is 1. The van der Waals surface area contributed by atoms with Crippen LogP contribution in [-0.4, -0.2) is 82.8 Å². The van der Waals surface area contributed by atoms with Gasteiger partial charge in [0.2, 0.25) is 15.2 Å². The highest BCUT2D eigenvalue weighted by molar-refractivity contribution is 8.13. The Labute approximate surface area is 332 Å². The van der Waals surface area contributed by atoms with E-state index in [-0.39, 0.29) is 59.2 Å². The van der Waals surface area contributed by atoms with Crippen molar-refractivity contribution in [2.45, 2.75) is 51.4 Å². The summed E-state index contributed by atoms with van der Waals surface area (Å²) in [6.45, 7) is 2.78. The van der Waals surface area contributed by atoms with Gasteiger partial charge in [-0.05, 0) is 59.2 Å². The number of phenolic OH excluding ortho intramolecular Hbond substituents is 1. The SMILES string of the molecule is CCCCS(=O)(=O)Nc1cc(COC(=O)CN(C(=O)Sc2nnnn2CC(=O)OCCC)c2ccccc2)ccc1Oc1cc(C(=O)NC)c(O)c2ccccc12. The molecule has 300 valence electrons. The number of aromatic hydroxyl groups is 1. The van der Waals surface area contributed by atoms with E-state index in [1.807, 2.05) is 13.8 Å². The van der Waals surface area contributed by atoms with Crippen molar-refractivity contribution in [1.29, 1.82) is 0 Å². The average molecular weight is 820 g/mol. The number of hydrogen-bond acceptors (Lipinski definition) is 14. The van der Waals surface area contributed by atoms with Crippen molar-refractivity contribution in [3.05, 3.63) is 90.0 Å². The zero-order chi connectivity index (χ0) is 41.0. The first-order valence-corrected chi connectivity index (χ1v) is 20.3. The minimum Gasteiger partial charge on any atom is -0.506 e. The van der Waals surface area contributed by atoms with Gasteiger partial charge in [-0.2, -0.15) is 0 Å². The van der Waals surface area contributed by atoms with Crippen LogP contribution in [0.25, 0.3) is 10.8 Å². The maximum Gasteiger partial charge on any atom is 0.327 e. The number of rotatable bonds is 18. The topological polar surface area (TPSA) is 221 Å². The van der Waals surface area contributed by atoms with Gasteiger partial charge in [-0.1, -0.05) is 68.8 Å². The Hall–Kier alpha value is -6.21. The van der Waals surface area contributed by atoms with Gasteiger partial charge in [-0.15, -0.1) is 5.10 Å². The Morgan fingerprint density at radius 2 is 1.63 bits per heavy atom. The summed E-state index contributed by atoms with van der Waals surface area (Å²) in [5.74, 6) is -2.10. The molecule has 1 aromatic heterocycles. The highest BCUT2D eigenvalue weighted by Gasteiger charge is 2.25. The Kier molecular flexibility index (Phi) is 14.4. The number of carbonyl (C=O) groups is 4. The molecular formula is C38H41N7O10S2. The molecule has 0 unspecified atom stereocenters. The van der Waals surface area contributed by atoms with Crippen molar-refractivity contribution in [3.8, 4) is 17.2 Å². The lowest BCUT2D eigenvalue weighted by atomic mass is 10.0. The Morgan fingerprint density at radius 1 is 0.895 bits per heavy atom. The van der Waals surface area contributed by atoms with Crippen molar-refractivity contribution in [2.75, 3.05) is 35.6 Å². The van der Waals surface area contributed by atoms with Crippen molar-refractivity contribution in [2.24, 2.45) is 0 Å². The fourth-order valence-corrected chi connectivity index (χ4v) is 7.31. The van der Waals surface area contributed by atoms with E-state index in [9.17, 15) is 32.7 Å². The zero-order valence-corrected chi connectivity index (χ0v) is 33.0. The van der Waals surface area contributed by atoms with E-state index < -0.39 is 39.7 Å². The maximum atomic E-state index is 13.6. The number of phenols is 1. The molecule has 5 rings (SSSR count). The standard InChI is InChI=1S/C38H41N7O10S2/c1-4-6-19-57(51,52)41-30-20-25(16-17-31(30)55-32-21-29(36(49)39-3)35(48)28-15-11-10-14-27(28)32)24-54-33(46)22-44(26-12-8-7-9-13-26)38(50)56-37-40-42-43-45(37)23-34(47)53-18-5-2/h7-17,20-21,41,48H,4-6,18-19,22-24H2,1-3H3,(H,39,49). The van der Waals surface area contributed by atoms with Crippen molar-refractivity contribution in [3.63, 3.8) is 0 Å². The van der Waals surface area contributed by atoms with Crippen molar-refractivity contribution < 1.29 is 46.9 Å². The monoisotopic (exact) mass is 819 g/mol. The molecule has 0 aliphatic heterocycles.